The minimum atomic E-state index is -10.7. The summed E-state index contributed by atoms with van der Waals surface area (Å²) in [5.41, 5.74) is 0.867. The first-order chi connectivity index (χ1) is 14.9. The normalized spacial score (nSPS) is 25.4. The second-order valence-corrected chi connectivity index (χ2v) is 11.9. The maximum absolute atomic E-state index is 10.7. The predicted molar refractivity (Wildman–Crippen MR) is 129 cm³/mol. The average molecular weight is 625 g/mol. The van der Waals surface area contributed by atoms with Crippen molar-refractivity contribution >= 4 is 14.0 Å². The fraction of sp³-hybridized carbons (Fsp3) is 0.708. The first-order valence-corrected chi connectivity index (χ1v) is 13.4. The Balaban J connectivity index is -0.000000390. The van der Waals surface area contributed by atoms with E-state index in [4.69, 9.17) is 5.11 Å². The molecule has 0 amide bonds. The minimum Gasteiger partial charge on any atom is 3.00 e. The summed E-state index contributed by atoms with van der Waals surface area (Å²) in [6, 6.07) is 10.6. The third kappa shape index (κ3) is 26.0. The van der Waals surface area contributed by atoms with Crippen molar-refractivity contribution in [2.45, 2.75) is 80.8 Å². The third-order valence-corrected chi connectivity index (χ3v) is 5.92. The van der Waals surface area contributed by atoms with E-state index in [1.54, 1.807) is 20.8 Å². The fourth-order valence-electron chi connectivity index (χ4n) is 3.59. The van der Waals surface area contributed by atoms with Gasteiger partial charge in [0.15, 0.2) is 0 Å². The van der Waals surface area contributed by atoms with Crippen LogP contribution in [0.25, 0.3) is 0 Å². The van der Waals surface area contributed by atoms with E-state index in [-0.39, 0.29) is 19.5 Å². The molecule has 11 heteroatoms. The summed E-state index contributed by atoms with van der Waals surface area (Å²) in [6.45, 7) is 19.2. The van der Waals surface area contributed by atoms with Crippen LogP contribution in [0.3, 0.4) is 0 Å². The summed E-state index contributed by atoms with van der Waals surface area (Å²) in [5.74, 6) is 4.68. The molecule has 1 aliphatic rings. The predicted octanol–water partition coefficient (Wildman–Crippen LogP) is 10.7. The zero-order valence-corrected chi connectivity index (χ0v) is 24.7. The van der Waals surface area contributed by atoms with E-state index in [0.29, 0.717) is 0 Å². The van der Waals surface area contributed by atoms with Crippen LogP contribution in [0.15, 0.2) is 30.3 Å². The Bertz CT molecular complexity index is 668. The minimum absolute atomic E-state index is 0. The summed E-state index contributed by atoms with van der Waals surface area (Å²) < 4.78 is 63.5. The van der Waals surface area contributed by atoms with Gasteiger partial charge in [-0.3, -0.25) is 0 Å². The van der Waals surface area contributed by atoms with Crippen LogP contribution in [0.4, 0.5) is 30.0 Å². The van der Waals surface area contributed by atoms with Crippen LogP contribution < -0.4 is 0 Å². The van der Waals surface area contributed by atoms with Crippen LogP contribution in [0.1, 0.15) is 74.3 Å². The van der Waals surface area contributed by atoms with Gasteiger partial charge in [-0.05, 0) is 62.3 Å². The van der Waals surface area contributed by atoms with Crippen LogP contribution in [0, 0.1) is 29.6 Å². The largest absolute Gasteiger partial charge is 3.00 e. The van der Waals surface area contributed by atoms with Crippen molar-refractivity contribution in [2.75, 3.05) is 0 Å². The zero-order chi connectivity index (χ0) is 27.6. The van der Waals surface area contributed by atoms with Crippen LogP contribution in [0.5, 0.6) is 0 Å². The molecule has 35 heavy (non-hydrogen) atoms. The van der Waals surface area contributed by atoms with Crippen molar-refractivity contribution in [1.29, 1.82) is 0 Å². The van der Waals surface area contributed by atoms with Gasteiger partial charge in [0.2, 0.25) is 0 Å². The molecule has 1 aromatic rings. The van der Waals surface area contributed by atoms with Gasteiger partial charge in [-0.1, -0.05) is 78.3 Å². The molecule has 2 rings (SSSR count). The summed E-state index contributed by atoms with van der Waals surface area (Å²) in [4.78, 5) is 9.79. The first kappa shape index (κ1) is 38.6. The standard InChI is InChI=1S/C10H20.C9H12.C5H10O3.F6P.Ru/c1-6-7(2)9(4)10(5)8(6)3;1-2-6-9-7-4-3-5-8-9;1-5(2,3)8-4(6)7;1-7(2,3,4,5)6;/h6-10H,1-5H3;3-5,7-8H,2,6H2,1H3;1-3H3,(H,6,7);;/q;;;-1;+3. The van der Waals surface area contributed by atoms with Gasteiger partial charge in [0.25, 0.3) is 0 Å². The molecule has 0 aliphatic heterocycles. The molecule has 1 fully saturated rings. The summed E-state index contributed by atoms with van der Waals surface area (Å²) in [5, 5.41) is 8.03. The first-order valence-electron chi connectivity index (χ1n) is 11.4. The van der Waals surface area contributed by atoms with E-state index in [0.717, 1.165) is 29.6 Å². The maximum Gasteiger partial charge on any atom is 3.00 e. The molecule has 0 bridgehead atoms. The molecule has 0 atom stereocenters. The summed E-state index contributed by atoms with van der Waals surface area (Å²) in [6.07, 6.45) is 1.22. The summed E-state index contributed by atoms with van der Waals surface area (Å²) in [7, 11) is -10.7. The number of rotatable bonds is 2. The molecule has 0 aromatic heterocycles. The second kappa shape index (κ2) is 14.2. The number of halogens is 6. The molecule has 0 heterocycles. The molecule has 1 aromatic carbocycles. The quantitative estimate of drug-likeness (QED) is 0.154. The van der Waals surface area contributed by atoms with Crippen molar-refractivity contribution in [1.82, 2.24) is 0 Å². The molecule has 1 aliphatic carbocycles. The fourth-order valence-corrected chi connectivity index (χ4v) is 3.59. The number of hydrogen-bond donors (Lipinski definition) is 1. The van der Waals surface area contributed by atoms with Gasteiger partial charge in [0.05, 0.1) is 0 Å². The van der Waals surface area contributed by atoms with Gasteiger partial charge in [-0.15, -0.1) is 0 Å². The molecule has 1 N–H and O–H groups in total. The van der Waals surface area contributed by atoms with Crippen molar-refractivity contribution in [2.24, 2.45) is 29.6 Å². The monoisotopic (exact) mass is 625 g/mol. The SMILES string of the molecule is CC(C)(C)OC(=O)O.CC1C(C)C(C)C(C)C1C.CCCc1ccccc1.F[P-](F)(F)(F)(F)F.[Ru+3]. The van der Waals surface area contributed by atoms with Crippen LogP contribution >= 0.6 is 7.81 Å². The van der Waals surface area contributed by atoms with Gasteiger partial charge in [-0.2, -0.15) is 0 Å². The molecule has 1 saturated carbocycles. The van der Waals surface area contributed by atoms with Crippen molar-refractivity contribution in [3.63, 3.8) is 0 Å². The van der Waals surface area contributed by atoms with Crippen molar-refractivity contribution in [3.05, 3.63) is 35.9 Å². The Morgan fingerprint density at radius 1 is 0.829 bits per heavy atom. The Hall–Kier alpha value is -0.877. The number of aryl methyl sites for hydroxylation is 1. The van der Waals surface area contributed by atoms with E-state index in [1.165, 1.54) is 18.4 Å². The number of carboxylic acid groups (broad SMARTS) is 1. The van der Waals surface area contributed by atoms with E-state index < -0.39 is 19.6 Å². The molecule has 3 nitrogen and oxygen atoms in total. The zero-order valence-electron chi connectivity index (χ0n) is 22.0. The number of hydrogen-bond acceptors (Lipinski definition) is 2. The molecular formula is C24H42F6O3PRu+2. The third-order valence-electron chi connectivity index (χ3n) is 5.92. The number of ether oxygens (including phenoxy) is 1. The van der Waals surface area contributed by atoms with E-state index in [2.05, 4.69) is 76.6 Å². The van der Waals surface area contributed by atoms with Crippen LogP contribution in [-0.2, 0) is 30.6 Å². The number of carbonyl (C=O) groups is 1. The molecule has 209 valence electrons. The maximum atomic E-state index is 9.87. The van der Waals surface area contributed by atoms with E-state index in [1.807, 2.05) is 0 Å². The van der Waals surface area contributed by atoms with Crippen molar-refractivity contribution < 1.29 is 59.3 Å². The molecule has 0 unspecified atom stereocenters. The molecule has 0 spiro atoms. The molecular weight excluding hydrogens is 582 g/mol. The van der Waals surface area contributed by atoms with E-state index >= 15 is 0 Å². The Morgan fingerprint density at radius 2 is 1.11 bits per heavy atom. The van der Waals surface area contributed by atoms with Gasteiger partial charge < -0.3 is 9.84 Å². The van der Waals surface area contributed by atoms with Gasteiger partial charge in [-0.25, -0.2) is 4.79 Å². The Morgan fingerprint density at radius 3 is 1.29 bits per heavy atom. The Kier molecular flexibility index (Phi) is 15.6. The topological polar surface area (TPSA) is 46.5 Å². The summed E-state index contributed by atoms with van der Waals surface area (Å²) >= 11 is 0. The average Bonchev–Trinajstić information content (AvgIpc) is 2.77. The second-order valence-electron chi connectivity index (χ2n) is 9.97. The smallest absolute Gasteiger partial charge is 3.00 e. The molecule has 1 radical (unpaired) electrons. The number of benzene rings is 1. The van der Waals surface area contributed by atoms with E-state index in [9.17, 15) is 30.0 Å². The molecule has 0 saturated heterocycles. The Labute approximate surface area is 219 Å². The van der Waals surface area contributed by atoms with Gasteiger partial charge in [0.1, 0.15) is 5.60 Å². The van der Waals surface area contributed by atoms with Crippen molar-refractivity contribution in [3.8, 4) is 0 Å². The van der Waals surface area contributed by atoms with Gasteiger partial charge >= 0.3 is 58.6 Å². The van der Waals surface area contributed by atoms with Crippen LogP contribution in [-0.4, -0.2) is 16.9 Å². The van der Waals surface area contributed by atoms with Gasteiger partial charge in [0, 0.05) is 0 Å². The van der Waals surface area contributed by atoms with Crippen LogP contribution in [0.2, 0.25) is 0 Å².